The predicted molar refractivity (Wildman–Crippen MR) is 114 cm³/mol. The standard InChI is InChI=1S/C23H23N3O2/c1-3-15-11-17(8-10-21(15)23(25)27)16-5-4-6-19(12-16)28-20-9-7-18(14-24)22(13-20)26-2/h4-14,24,26H,3H2,1-2H3,(H2,25,27). The van der Waals surface area contributed by atoms with Gasteiger partial charge in [-0.05, 0) is 53.4 Å². The van der Waals surface area contributed by atoms with Crippen LogP contribution in [0.5, 0.6) is 11.5 Å². The van der Waals surface area contributed by atoms with Crippen LogP contribution in [0.3, 0.4) is 0 Å². The lowest BCUT2D eigenvalue weighted by Gasteiger charge is -2.12. The zero-order chi connectivity index (χ0) is 20.1. The fourth-order valence-electron chi connectivity index (χ4n) is 3.12. The second kappa shape index (κ2) is 8.39. The zero-order valence-corrected chi connectivity index (χ0v) is 16.0. The van der Waals surface area contributed by atoms with E-state index in [-0.39, 0.29) is 0 Å². The molecule has 5 heteroatoms. The van der Waals surface area contributed by atoms with Crippen molar-refractivity contribution in [3.63, 3.8) is 0 Å². The highest BCUT2D eigenvalue weighted by molar-refractivity contribution is 5.95. The first-order valence-corrected chi connectivity index (χ1v) is 9.09. The number of nitrogens with two attached hydrogens (primary N) is 1. The van der Waals surface area contributed by atoms with Gasteiger partial charge in [-0.15, -0.1) is 0 Å². The average Bonchev–Trinajstić information content (AvgIpc) is 2.73. The second-order valence-corrected chi connectivity index (χ2v) is 6.36. The molecule has 0 heterocycles. The summed E-state index contributed by atoms with van der Waals surface area (Å²) < 4.78 is 6.01. The summed E-state index contributed by atoms with van der Waals surface area (Å²) in [6, 6.07) is 19.0. The van der Waals surface area contributed by atoms with E-state index in [1.54, 1.807) is 6.07 Å². The van der Waals surface area contributed by atoms with Gasteiger partial charge in [-0.1, -0.05) is 31.2 Å². The second-order valence-electron chi connectivity index (χ2n) is 6.36. The number of rotatable bonds is 7. The molecule has 0 atom stereocenters. The third-order valence-corrected chi connectivity index (χ3v) is 4.60. The molecule has 142 valence electrons. The summed E-state index contributed by atoms with van der Waals surface area (Å²) >= 11 is 0. The Hall–Kier alpha value is -3.60. The highest BCUT2D eigenvalue weighted by Gasteiger charge is 2.10. The maximum absolute atomic E-state index is 11.6. The number of aryl methyl sites for hydroxylation is 1. The summed E-state index contributed by atoms with van der Waals surface area (Å²) in [5.74, 6) is 0.985. The molecular formula is C23H23N3O2. The molecule has 0 fully saturated rings. The van der Waals surface area contributed by atoms with Crippen molar-refractivity contribution in [2.75, 3.05) is 12.4 Å². The summed E-state index contributed by atoms with van der Waals surface area (Å²) in [7, 11) is 1.81. The Morgan fingerprint density at radius 1 is 1.07 bits per heavy atom. The summed E-state index contributed by atoms with van der Waals surface area (Å²) in [4.78, 5) is 11.6. The van der Waals surface area contributed by atoms with Crippen LogP contribution >= 0.6 is 0 Å². The Balaban J connectivity index is 1.91. The molecular weight excluding hydrogens is 350 g/mol. The van der Waals surface area contributed by atoms with Crippen LogP contribution in [-0.4, -0.2) is 19.2 Å². The first kappa shape index (κ1) is 19.2. The molecule has 5 nitrogen and oxygen atoms in total. The molecule has 3 rings (SSSR count). The van der Waals surface area contributed by atoms with E-state index in [9.17, 15) is 4.79 Å². The quantitative estimate of drug-likeness (QED) is 0.517. The van der Waals surface area contributed by atoms with Crippen LogP contribution in [0.2, 0.25) is 0 Å². The van der Waals surface area contributed by atoms with Crippen LogP contribution in [0.25, 0.3) is 11.1 Å². The van der Waals surface area contributed by atoms with Gasteiger partial charge in [-0.3, -0.25) is 4.79 Å². The smallest absolute Gasteiger partial charge is 0.248 e. The van der Waals surface area contributed by atoms with E-state index in [0.29, 0.717) is 17.1 Å². The summed E-state index contributed by atoms with van der Waals surface area (Å²) in [5, 5.41) is 10.5. The van der Waals surface area contributed by atoms with Gasteiger partial charge in [0.15, 0.2) is 0 Å². The van der Waals surface area contributed by atoms with Gasteiger partial charge in [-0.2, -0.15) is 0 Å². The lowest BCUT2D eigenvalue weighted by atomic mass is 9.97. The monoisotopic (exact) mass is 373 g/mol. The Bertz CT molecular complexity index is 1030. The van der Waals surface area contributed by atoms with E-state index in [0.717, 1.165) is 34.4 Å². The molecule has 3 aromatic carbocycles. The maximum Gasteiger partial charge on any atom is 0.248 e. The molecule has 0 radical (unpaired) electrons. The minimum absolute atomic E-state index is 0.408. The number of benzene rings is 3. The first-order chi connectivity index (χ1) is 13.5. The number of hydrogen-bond donors (Lipinski definition) is 3. The molecule has 3 aromatic rings. The maximum atomic E-state index is 11.6. The van der Waals surface area contributed by atoms with Crippen molar-refractivity contribution in [1.29, 1.82) is 5.41 Å². The molecule has 0 spiro atoms. The van der Waals surface area contributed by atoms with E-state index in [2.05, 4.69) is 5.32 Å². The van der Waals surface area contributed by atoms with Crippen LogP contribution in [-0.2, 0) is 6.42 Å². The van der Waals surface area contributed by atoms with Crippen molar-refractivity contribution in [2.45, 2.75) is 13.3 Å². The minimum Gasteiger partial charge on any atom is -0.457 e. The normalized spacial score (nSPS) is 10.4. The molecule has 0 saturated carbocycles. The molecule has 0 unspecified atom stereocenters. The number of nitrogens with one attached hydrogen (secondary N) is 2. The van der Waals surface area contributed by atoms with Crippen molar-refractivity contribution in [3.8, 4) is 22.6 Å². The number of anilines is 1. The van der Waals surface area contributed by atoms with E-state index in [1.165, 1.54) is 6.21 Å². The van der Waals surface area contributed by atoms with Crippen molar-refractivity contribution < 1.29 is 9.53 Å². The molecule has 1 amide bonds. The van der Waals surface area contributed by atoms with Crippen LogP contribution in [0.4, 0.5) is 5.69 Å². The van der Waals surface area contributed by atoms with Crippen molar-refractivity contribution in [1.82, 2.24) is 0 Å². The Morgan fingerprint density at radius 2 is 1.82 bits per heavy atom. The number of carbonyl (C=O) groups excluding carboxylic acids is 1. The van der Waals surface area contributed by atoms with Crippen LogP contribution in [0.15, 0.2) is 60.7 Å². The van der Waals surface area contributed by atoms with Gasteiger partial charge in [0.05, 0.1) is 0 Å². The van der Waals surface area contributed by atoms with Gasteiger partial charge >= 0.3 is 0 Å². The van der Waals surface area contributed by atoms with Gasteiger partial charge in [0.25, 0.3) is 0 Å². The molecule has 0 aliphatic rings. The predicted octanol–water partition coefficient (Wildman–Crippen LogP) is 4.85. The number of carbonyl (C=O) groups is 1. The van der Waals surface area contributed by atoms with Gasteiger partial charge in [0.2, 0.25) is 5.91 Å². The van der Waals surface area contributed by atoms with Crippen molar-refractivity contribution >= 4 is 17.8 Å². The fraction of sp³-hybridized carbons (Fsp3) is 0.130. The van der Waals surface area contributed by atoms with Crippen LogP contribution in [0, 0.1) is 5.41 Å². The summed E-state index contributed by atoms with van der Waals surface area (Å²) in [5.41, 5.74) is 10.6. The van der Waals surface area contributed by atoms with Gasteiger partial charge in [-0.25, -0.2) is 0 Å². The minimum atomic E-state index is -0.408. The molecule has 0 aliphatic carbocycles. The summed E-state index contributed by atoms with van der Waals surface area (Å²) in [6.07, 6.45) is 2.03. The largest absolute Gasteiger partial charge is 0.457 e. The summed E-state index contributed by atoms with van der Waals surface area (Å²) in [6.45, 7) is 2.00. The number of primary amides is 1. The highest BCUT2D eigenvalue weighted by Crippen LogP contribution is 2.30. The van der Waals surface area contributed by atoms with Crippen molar-refractivity contribution in [2.24, 2.45) is 5.73 Å². The lowest BCUT2D eigenvalue weighted by molar-refractivity contribution is 0.0999. The number of ether oxygens (including phenoxy) is 1. The van der Waals surface area contributed by atoms with E-state index in [4.69, 9.17) is 15.9 Å². The van der Waals surface area contributed by atoms with Crippen molar-refractivity contribution in [3.05, 3.63) is 77.4 Å². The molecule has 0 aliphatic heterocycles. The Labute approximate surface area is 164 Å². The lowest BCUT2D eigenvalue weighted by Crippen LogP contribution is -2.13. The molecule has 0 aromatic heterocycles. The van der Waals surface area contributed by atoms with Crippen LogP contribution in [0.1, 0.15) is 28.4 Å². The highest BCUT2D eigenvalue weighted by atomic mass is 16.5. The SMILES string of the molecule is CCc1cc(-c2cccc(Oc3ccc(C=N)c(NC)c3)c2)ccc1C(N)=O. The Morgan fingerprint density at radius 3 is 2.50 bits per heavy atom. The van der Waals surface area contributed by atoms with Gasteiger partial charge in [0.1, 0.15) is 11.5 Å². The topological polar surface area (TPSA) is 88.2 Å². The zero-order valence-electron chi connectivity index (χ0n) is 16.0. The Kier molecular flexibility index (Phi) is 5.75. The first-order valence-electron chi connectivity index (χ1n) is 9.09. The number of hydrogen-bond acceptors (Lipinski definition) is 4. The van der Waals surface area contributed by atoms with Gasteiger partial charge in [0, 0.05) is 36.1 Å². The van der Waals surface area contributed by atoms with E-state index >= 15 is 0 Å². The van der Waals surface area contributed by atoms with Gasteiger partial charge < -0.3 is 21.2 Å². The number of amides is 1. The average molecular weight is 373 g/mol. The van der Waals surface area contributed by atoms with E-state index in [1.807, 2.05) is 68.6 Å². The third-order valence-electron chi connectivity index (χ3n) is 4.60. The molecule has 0 saturated heterocycles. The van der Waals surface area contributed by atoms with Crippen LogP contribution < -0.4 is 15.8 Å². The molecule has 28 heavy (non-hydrogen) atoms. The fourth-order valence-corrected chi connectivity index (χ4v) is 3.12. The molecule has 4 N–H and O–H groups in total. The molecule has 0 bridgehead atoms. The third kappa shape index (κ3) is 4.04. The van der Waals surface area contributed by atoms with E-state index < -0.39 is 5.91 Å².